The molecule has 2 aromatic carbocycles. The van der Waals surface area contributed by atoms with Crippen LogP contribution in [0, 0.1) is 5.82 Å². The Morgan fingerprint density at radius 2 is 2.00 bits per heavy atom. The third-order valence-electron chi connectivity index (χ3n) is 2.55. The first-order valence-electron chi connectivity index (χ1n) is 5.68. The summed E-state index contributed by atoms with van der Waals surface area (Å²) in [7, 11) is 0. The number of nitrogens with two attached hydrogens (primary N) is 1. The highest BCUT2D eigenvalue weighted by molar-refractivity contribution is 5.93. The van der Waals surface area contributed by atoms with Crippen molar-refractivity contribution >= 4 is 5.91 Å². The van der Waals surface area contributed by atoms with E-state index in [9.17, 15) is 9.18 Å². The van der Waals surface area contributed by atoms with Crippen LogP contribution < -0.4 is 16.0 Å². The molecule has 0 spiro atoms. The van der Waals surface area contributed by atoms with Gasteiger partial charge in [-0.1, -0.05) is 24.3 Å². The van der Waals surface area contributed by atoms with Gasteiger partial charge in [0.15, 0.2) is 11.6 Å². The van der Waals surface area contributed by atoms with E-state index in [0.29, 0.717) is 5.56 Å². The van der Waals surface area contributed by atoms with E-state index in [-0.39, 0.29) is 18.3 Å². The van der Waals surface area contributed by atoms with Crippen molar-refractivity contribution in [3.8, 4) is 5.75 Å². The van der Waals surface area contributed by atoms with Crippen molar-refractivity contribution in [3.05, 3.63) is 65.5 Å². The highest BCUT2D eigenvalue weighted by atomic mass is 19.1. The summed E-state index contributed by atoms with van der Waals surface area (Å²) in [6.45, 7) is 0.173. The van der Waals surface area contributed by atoms with Gasteiger partial charge in [0, 0.05) is 5.56 Å². The van der Waals surface area contributed by atoms with Crippen molar-refractivity contribution < 1.29 is 13.9 Å². The maximum atomic E-state index is 13.3. The van der Waals surface area contributed by atoms with Gasteiger partial charge in [-0.2, -0.15) is 0 Å². The zero-order valence-corrected chi connectivity index (χ0v) is 10.1. The van der Waals surface area contributed by atoms with Crippen LogP contribution in [0.15, 0.2) is 48.5 Å². The minimum Gasteiger partial charge on any atom is -0.486 e. The van der Waals surface area contributed by atoms with Gasteiger partial charge in [-0.3, -0.25) is 10.2 Å². The third-order valence-corrected chi connectivity index (χ3v) is 2.55. The van der Waals surface area contributed by atoms with Crippen molar-refractivity contribution in [2.75, 3.05) is 0 Å². The van der Waals surface area contributed by atoms with E-state index in [1.54, 1.807) is 42.5 Å². The summed E-state index contributed by atoms with van der Waals surface area (Å²) in [5, 5.41) is 0. The summed E-state index contributed by atoms with van der Waals surface area (Å²) in [5.41, 5.74) is 3.23. The lowest BCUT2D eigenvalue weighted by Crippen LogP contribution is -2.30. The molecule has 1 amide bonds. The molecule has 98 valence electrons. The normalized spacial score (nSPS) is 10.0. The van der Waals surface area contributed by atoms with E-state index in [1.165, 1.54) is 6.07 Å². The first-order valence-corrected chi connectivity index (χ1v) is 5.68. The zero-order chi connectivity index (χ0) is 13.7. The van der Waals surface area contributed by atoms with E-state index in [4.69, 9.17) is 10.6 Å². The van der Waals surface area contributed by atoms with Crippen molar-refractivity contribution in [3.63, 3.8) is 0 Å². The van der Waals surface area contributed by atoms with Gasteiger partial charge < -0.3 is 4.74 Å². The number of benzene rings is 2. The maximum Gasteiger partial charge on any atom is 0.265 e. The fraction of sp³-hybridized carbons (Fsp3) is 0.0714. The van der Waals surface area contributed by atoms with E-state index >= 15 is 0 Å². The summed E-state index contributed by atoms with van der Waals surface area (Å²) in [6, 6.07) is 12.9. The quantitative estimate of drug-likeness (QED) is 0.502. The molecule has 2 rings (SSSR count). The summed E-state index contributed by atoms with van der Waals surface area (Å²) in [4.78, 5) is 11.4. The molecule has 2 aromatic rings. The number of carbonyl (C=O) groups is 1. The van der Waals surface area contributed by atoms with Crippen molar-refractivity contribution in [2.45, 2.75) is 6.61 Å². The van der Waals surface area contributed by atoms with Crippen LogP contribution in [-0.4, -0.2) is 5.91 Å². The fourth-order valence-corrected chi connectivity index (χ4v) is 1.61. The van der Waals surface area contributed by atoms with Crippen LogP contribution >= 0.6 is 0 Å². The van der Waals surface area contributed by atoms with Gasteiger partial charge in [-0.15, -0.1) is 0 Å². The van der Waals surface area contributed by atoms with Crippen LogP contribution in [0.25, 0.3) is 0 Å². The second-order valence-electron chi connectivity index (χ2n) is 3.89. The Bertz CT molecular complexity index is 587. The first kappa shape index (κ1) is 13.0. The molecule has 0 heterocycles. The molecule has 0 bridgehead atoms. The van der Waals surface area contributed by atoms with Crippen LogP contribution in [0.3, 0.4) is 0 Å². The molecule has 4 nitrogen and oxygen atoms in total. The molecule has 0 saturated heterocycles. The van der Waals surface area contributed by atoms with Crippen molar-refractivity contribution in [2.24, 2.45) is 5.84 Å². The lowest BCUT2D eigenvalue weighted by molar-refractivity contribution is 0.0953. The second-order valence-corrected chi connectivity index (χ2v) is 3.89. The van der Waals surface area contributed by atoms with Crippen LogP contribution in [0.5, 0.6) is 5.75 Å². The molecule has 0 atom stereocenters. The molecule has 5 heteroatoms. The molecular formula is C14H13FN2O2. The highest BCUT2D eigenvalue weighted by Gasteiger charge is 2.05. The Labute approximate surface area is 110 Å². The monoisotopic (exact) mass is 260 g/mol. The van der Waals surface area contributed by atoms with Gasteiger partial charge in [0.2, 0.25) is 0 Å². The number of amides is 1. The molecule has 0 aliphatic carbocycles. The van der Waals surface area contributed by atoms with Crippen LogP contribution in [-0.2, 0) is 6.61 Å². The molecule has 0 aliphatic rings. The lowest BCUT2D eigenvalue weighted by atomic mass is 10.1. The predicted molar refractivity (Wildman–Crippen MR) is 68.8 cm³/mol. The Kier molecular flexibility index (Phi) is 4.10. The van der Waals surface area contributed by atoms with Gasteiger partial charge >= 0.3 is 0 Å². The SMILES string of the molecule is NNC(=O)c1cccc(COc2ccccc2F)c1. The van der Waals surface area contributed by atoms with E-state index in [1.807, 2.05) is 0 Å². The average Bonchev–Trinajstić information content (AvgIpc) is 2.46. The molecular weight excluding hydrogens is 247 g/mol. The Morgan fingerprint density at radius 3 is 2.74 bits per heavy atom. The number of para-hydroxylation sites is 1. The standard InChI is InChI=1S/C14H13FN2O2/c15-12-6-1-2-7-13(12)19-9-10-4-3-5-11(8-10)14(18)17-16/h1-8H,9,16H2,(H,17,18). The number of carbonyl (C=O) groups excluding carboxylic acids is 1. The average molecular weight is 260 g/mol. The van der Waals surface area contributed by atoms with Gasteiger partial charge in [0.1, 0.15) is 6.61 Å². The number of hydrazine groups is 1. The molecule has 19 heavy (non-hydrogen) atoms. The smallest absolute Gasteiger partial charge is 0.265 e. The number of hydrogen-bond acceptors (Lipinski definition) is 3. The molecule has 0 aromatic heterocycles. The summed E-state index contributed by atoms with van der Waals surface area (Å²) >= 11 is 0. The number of halogens is 1. The topological polar surface area (TPSA) is 64.3 Å². The fourth-order valence-electron chi connectivity index (χ4n) is 1.61. The van der Waals surface area contributed by atoms with Crippen molar-refractivity contribution in [1.29, 1.82) is 0 Å². The predicted octanol–water partition coefficient (Wildman–Crippen LogP) is 2.01. The van der Waals surface area contributed by atoms with E-state index < -0.39 is 5.82 Å². The van der Waals surface area contributed by atoms with Crippen LogP contribution in [0.1, 0.15) is 15.9 Å². The number of rotatable bonds is 4. The Morgan fingerprint density at radius 1 is 1.21 bits per heavy atom. The third kappa shape index (κ3) is 3.29. The number of nitrogens with one attached hydrogen (secondary N) is 1. The van der Waals surface area contributed by atoms with Crippen LogP contribution in [0.4, 0.5) is 4.39 Å². The molecule has 0 unspecified atom stereocenters. The number of nitrogen functional groups attached to an aromatic ring is 1. The summed E-state index contributed by atoms with van der Waals surface area (Å²) in [5.74, 6) is 4.44. The molecule has 0 saturated carbocycles. The van der Waals surface area contributed by atoms with Gasteiger partial charge in [-0.05, 0) is 29.8 Å². The Hall–Kier alpha value is -2.40. The lowest BCUT2D eigenvalue weighted by Gasteiger charge is -2.08. The van der Waals surface area contributed by atoms with E-state index in [0.717, 1.165) is 5.56 Å². The minimum absolute atomic E-state index is 0.173. The van der Waals surface area contributed by atoms with E-state index in [2.05, 4.69) is 5.43 Å². The maximum absolute atomic E-state index is 13.3. The minimum atomic E-state index is -0.418. The first-order chi connectivity index (χ1) is 9.20. The van der Waals surface area contributed by atoms with Gasteiger partial charge in [-0.25, -0.2) is 10.2 Å². The van der Waals surface area contributed by atoms with Crippen molar-refractivity contribution in [1.82, 2.24) is 5.43 Å². The molecule has 0 fully saturated rings. The molecule has 3 N–H and O–H groups in total. The zero-order valence-electron chi connectivity index (χ0n) is 10.1. The number of hydrogen-bond donors (Lipinski definition) is 2. The van der Waals surface area contributed by atoms with Gasteiger partial charge in [0.05, 0.1) is 0 Å². The largest absolute Gasteiger partial charge is 0.486 e. The summed E-state index contributed by atoms with van der Waals surface area (Å²) < 4.78 is 18.7. The molecule has 0 aliphatic heterocycles. The second kappa shape index (κ2) is 5.97. The van der Waals surface area contributed by atoms with Crippen LogP contribution in [0.2, 0.25) is 0 Å². The number of ether oxygens (including phenoxy) is 1. The summed E-state index contributed by atoms with van der Waals surface area (Å²) in [6.07, 6.45) is 0. The highest BCUT2D eigenvalue weighted by Crippen LogP contribution is 2.17. The molecule has 0 radical (unpaired) electrons. The Balaban J connectivity index is 2.08. The van der Waals surface area contributed by atoms with Gasteiger partial charge in [0.25, 0.3) is 5.91 Å².